The number of carbonyl (C=O) groups is 1. The van der Waals surface area contributed by atoms with Crippen molar-refractivity contribution in [2.45, 2.75) is 51.8 Å². The fourth-order valence-electron chi connectivity index (χ4n) is 5.60. The first kappa shape index (κ1) is 28.7. The number of carboxylic acids is 1. The highest BCUT2D eigenvalue weighted by Crippen LogP contribution is 2.51. The van der Waals surface area contributed by atoms with Gasteiger partial charge in [-0.15, -0.1) is 11.3 Å². The van der Waals surface area contributed by atoms with Crippen molar-refractivity contribution in [1.29, 1.82) is 0 Å². The number of hydrogen-bond donors (Lipinski definition) is 3. The minimum Gasteiger partial charge on any atom is -0.481 e. The Bertz CT molecular complexity index is 1600. The first-order chi connectivity index (χ1) is 19.2. The van der Waals surface area contributed by atoms with Crippen LogP contribution in [0.1, 0.15) is 49.4 Å². The minimum absolute atomic E-state index is 0.190. The van der Waals surface area contributed by atoms with E-state index >= 15 is 0 Å². The van der Waals surface area contributed by atoms with E-state index < -0.39 is 34.8 Å². The van der Waals surface area contributed by atoms with E-state index in [2.05, 4.69) is 20.3 Å². The van der Waals surface area contributed by atoms with Crippen LogP contribution in [0.25, 0.3) is 21.6 Å². The van der Waals surface area contributed by atoms with Crippen molar-refractivity contribution in [2.24, 2.45) is 11.3 Å². The Morgan fingerprint density at radius 3 is 2.51 bits per heavy atom. The van der Waals surface area contributed by atoms with Crippen LogP contribution in [0.15, 0.2) is 60.9 Å². The van der Waals surface area contributed by atoms with Gasteiger partial charge < -0.3 is 15.5 Å². The van der Waals surface area contributed by atoms with Gasteiger partial charge >= 0.3 is 12.1 Å². The molecule has 2 atom stereocenters. The summed E-state index contributed by atoms with van der Waals surface area (Å²) >= 11 is 1.31. The van der Waals surface area contributed by atoms with Crippen molar-refractivity contribution in [3.63, 3.8) is 0 Å². The van der Waals surface area contributed by atoms with E-state index in [0.29, 0.717) is 17.1 Å². The topological polar surface area (TPSA) is 108 Å². The number of anilines is 2. The Kier molecular flexibility index (Phi) is 7.37. The molecule has 0 radical (unpaired) electrons. The van der Waals surface area contributed by atoms with Gasteiger partial charge in [-0.05, 0) is 78.1 Å². The molecular weight excluding hydrogens is 553 g/mol. The van der Waals surface area contributed by atoms with Crippen molar-refractivity contribution in [3.05, 3.63) is 77.2 Å². The van der Waals surface area contributed by atoms with Gasteiger partial charge in [-0.2, -0.15) is 13.2 Å². The Morgan fingerprint density at radius 1 is 1.10 bits per heavy atom. The molecule has 1 aliphatic carbocycles. The van der Waals surface area contributed by atoms with Crippen LogP contribution in [0.2, 0.25) is 0 Å². The third-order valence-electron chi connectivity index (χ3n) is 7.62. The number of thiazole rings is 1. The molecule has 1 fully saturated rings. The summed E-state index contributed by atoms with van der Waals surface area (Å²) in [6, 6.07) is 14.1. The summed E-state index contributed by atoms with van der Waals surface area (Å²) in [4.78, 5) is 24.6. The molecule has 2 aromatic heterocycles. The van der Waals surface area contributed by atoms with Crippen LogP contribution in [-0.2, 0) is 16.6 Å². The normalized spacial score (nSPS) is 20.5. The molecule has 11 heteroatoms. The van der Waals surface area contributed by atoms with E-state index in [1.165, 1.54) is 11.3 Å². The van der Waals surface area contributed by atoms with Gasteiger partial charge in [-0.25, -0.2) is 15.0 Å². The van der Waals surface area contributed by atoms with Crippen LogP contribution >= 0.6 is 11.3 Å². The number of nitrogens with one attached hydrogen (secondary N) is 1. The molecule has 7 nitrogen and oxygen atoms in total. The lowest BCUT2D eigenvalue weighted by molar-refractivity contribution is -0.154. The molecule has 2 aromatic carbocycles. The van der Waals surface area contributed by atoms with Gasteiger partial charge in [0.2, 0.25) is 5.95 Å². The van der Waals surface area contributed by atoms with E-state index in [1.807, 2.05) is 57.2 Å². The molecule has 2 unspecified atom stereocenters. The number of nitrogens with zero attached hydrogens (tertiary/aromatic N) is 3. The maximum atomic E-state index is 13.2. The van der Waals surface area contributed by atoms with Crippen LogP contribution in [0.3, 0.4) is 0 Å². The highest BCUT2D eigenvalue weighted by atomic mass is 32.1. The largest absolute Gasteiger partial charge is 0.481 e. The van der Waals surface area contributed by atoms with Gasteiger partial charge in [0.25, 0.3) is 0 Å². The number of carboxylic acid groups (broad SMARTS) is 1. The zero-order valence-corrected chi connectivity index (χ0v) is 23.5. The number of aliphatic hydroxyl groups is 1. The van der Waals surface area contributed by atoms with E-state index in [0.717, 1.165) is 39.4 Å². The van der Waals surface area contributed by atoms with Crippen molar-refractivity contribution >= 4 is 28.9 Å². The lowest BCUT2D eigenvalue weighted by atomic mass is 9.63. The summed E-state index contributed by atoms with van der Waals surface area (Å²) in [5.74, 6) is -1.61. The molecule has 2 heterocycles. The van der Waals surface area contributed by atoms with Crippen molar-refractivity contribution < 1.29 is 28.2 Å². The number of rotatable bonds is 6. The van der Waals surface area contributed by atoms with Gasteiger partial charge in [0.1, 0.15) is 16.3 Å². The van der Waals surface area contributed by atoms with Gasteiger partial charge in [-0.3, -0.25) is 4.79 Å². The molecule has 3 N–H and O–H groups in total. The zero-order chi connectivity index (χ0) is 29.6. The number of benzene rings is 2. The Balaban J connectivity index is 1.53. The summed E-state index contributed by atoms with van der Waals surface area (Å²) in [5.41, 5.74) is 1.07. The van der Waals surface area contributed by atoms with Crippen LogP contribution in [0.4, 0.5) is 24.8 Å². The highest BCUT2D eigenvalue weighted by Gasteiger charge is 2.49. The number of aryl methyl sites for hydroxylation is 1. The van der Waals surface area contributed by atoms with Crippen LogP contribution in [-0.4, -0.2) is 31.1 Å². The monoisotopic (exact) mass is 582 g/mol. The molecule has 41 heavy (non-hydrogen) atoms. The standard InChI is InChI=1S/C30H29F3N4O3S/c1-17-6-4-5-7-21(17)18-12-19(14-20(13-18)36-27-34-11-9-24(37-27)30(31,32)33)23-15-35-26(41-23)29(40)10-8-22(25(38)39)28(2,3)16-29/h4-7,9,11-15,22,40H,8,10,16H2,1-3H3,(H,38,39)(H,34,36,37). The van der Waals surface area contributed by atoms with Crippen LogP contribution in [0, 0.1) is 18.3 Å². The second-order valence-corrected chi connectivity index (χ2v) is 12.2. The second kappa shape index (κ2) is 10.5. The summed E-state index contributed by atoms with van der Waals surface area (Å²) in [5, 5.41) is 24.6. The number of aliphatic carboxylic acids is 1. The molecule has 0 amide bonds. The van der Waals surface area contributed by atoms with E-state index in [9.17, 15) is 28.2 Å². The van der Waals surface area contributed by atoms with E-state index in [-0.39, 0.29) is 18.8 Å². The van der Waals surface area contributed by atoms with Gasteiger partial charge in [0, 0.05) is 18.1 Å². The van der Waals surface area contributed by atoms with Crippen molar-refractivity contribution in [2.75, 3.05) is 5.32 Å². The van der Waals surface area contributed by atoms with Gasteiger partial charge in [-0.1, -0.05) is 38.1 Å². The van der Waals surface area contributed by atoms with Gasteiger partial charge in [0.05, 0.1) is 10.8 Å². The Labute approximate surface area is 239 Å². The average molecular weight is 583 g/mol. The number of aromatic nitrogens is 3. The fourth-order valence-corrected chi connectivity index (χ4v) is 6.62. The molecule has 0 aliphatic heterocycles. The zero-order valence-electron chi connectivity index (χ0n) is 22.7. The fraction of sp³-hybridized carbons (Fsp3) is 0.333. The minimum atomic E-state index is -4.61. The Hall–Kier alpha value is -3.83. The SMILES string of the molecule is Cc1ccccc1-c1cc(Nc2nccc(C(F)(F)F)n2)cc(-c2cnc(C3(O)CCC(C(=O)O)C(C)(C)C3)s2)c1. The maximum Gasteiger partial charge on any atom is 0.433 e. The molecule has 0 spiro atoms. The molecular formula is C30H29F3N4O3S. The first-order valence-corrected chi connectivity index (χ1v) is 13.9. The predicted molar refractivity (Wildman–Crippen MR) is 151 cm³/mol. The smallest absolute Gasteiger partial charge is 0.433 e. The van der Waals surface area contributed by atoms with Crippen LogP contribution in [0.5, 0.6) is 0 Å². The predicted octanol–water partition coefficient (Wildman–Crippen LogP) is 7.44. The quantitative estimate of drug-likeness (QED) is 0.217. The van der Waals surface area contributed by atoms with Crippen molar-refractivity contribution in [1.82, 2.24) is 15.0 Å². The highest BCUT2D eigenvalue weighted by molar-refractivity contribution is 7.15. The molecule has 214 valence electrons. The van der Waals surface area contributed by atoms with E-state index in [4.69, 9.17) is 0 Å². The third kappa shape index (κ3) is 5.96. The average Bonchev–Trinajstić information content (AvgIpc) is 3.39. The third-order valence-corrected chi connectivity index (χ3v) is 8.86. The molecule has 4 aromatic rings. The summed E-state index contributed by atoms with van der Waals surface area (Å²) in [6.45, 7) is 5.67. The Morgan fingerprint density at radius 2 is 1.83 bits per heavy atom. The molecule has 0 saturated heterocycles. The lowest BCUT2D eigenvalue weighted by Crippen LogP contribution is -2.44. The first-order valence-electron chi connectivity index (χ1n) is 13.1. The second-order valence-electron chi connectivity index (χ2n) is 11.2. The molecule has 0 bridgehead atoms. The number of alkyl halides is 3. The molecule has 1 aliphatic rings. The maximum absolute atomic E-state index is 13.2. The number of halogens is 3. The van der Waals surface area contributed by atoms with Crippen molar-refractivity contribution in [3.8, 4) is 21.6 Å². The van der Waals surface area contributed by atoms with Crippen LogP contribution < -0.4 is 5.32 Å². The summed E-state index contributed by atoms with van der Waals surface area (Å²) in [7, 11) is 0. The molecule has 1 saturated carbocycles. The van der Waals surface area contributed by atoms with E-state index in [1.54, 1.807) is 12.3 Å². The molecule has 5 rings (SSSR count). The summed E-state index contributed by atoms with van der Waals surface area (Å²) in [6.07, 6.45) is -1.01. The number of hydrogen-bond acceptors (Lipinski definition) is 7. The van der Waals surface area contributed by atoms with Gasteiger partial charge in [0.15, 0.2) is 0 Å². The summed E-state index contributed by atoms with van der Waals surface area (Å²) < 4.78 is 39.7. The lowest BCUT2D eigenvalue weighted by Gasteiger charge is -2.44.